The number of piperidine rings is 1. The summed E-state index contributed by atoms with van der Waals surface area (Å²) < 4.78 is 1.79. The second-order valence-corrected chi connectivity index (χ2v) is 5.58. The van der Waals surface area contributed by atoms with Crippen molar-refractivity contribution in [3.63, 3.8) is 0 Å². The van der Waals surface area contributed by atoms with Gasteiger partial charge in [0.1, 0.15) is 12.1 Å². The van der Waals surface area contributed by atoms with Crippen molar-refractivity contribution in [2.75, 3.05) is 19.6 Å². The molecule has 0 radical (unpaired) electrons. The van der Waals surface area contributed by atoms with Crippen molar-refractivity contribution < 1.29 is 4.79 Å². The first kappa shape index (κ1) is 14.7. The summed E-state index contributed by atoms with van der Waals surface area (Å²) in [6.07, 6.45) is 9.00. The van der Waals surface area contributed by atoms with Crippen molar-refractivity contribution in [2.24, 2.45) is 0 Å². The Hall–Kier alpha value is -2.21. The summed E-state index contributed by atoms with van der Waals surface area (Å²) in [5.41, 5.74) is 0.632. The van der Waals surface area contributed by atoms with Crippen LogP contribution in [-0.2, 0) is 0 Å². The number of imidazole rings is 1. The number of carbonyl (C=O) groups excluding carboxylic acids is 1. The van der Waals surface area contributed by atoms with Gasteiger partial charge in [0.05, 0.1) is 0 Å². The molecule has 6 heteroatoms. The molecule has 0 saturated carbocycles. The third-order valence-corrected chi connectivity index (χ3v) is 4.06. The number of pyridine rings is 1. The quantitative estimate of drug-likeness (QED) is 0.929. The Morgan fingerprint density at radius 3 is 3.14 bits per heavy atom. The zero-order valence-electron chi connectivity index (χ0n) is 12.8. The van der Waals surface area contributed by atoms with Crippen LogP contribution in [0.4, 0.5) is 0 Å². The molecule has 1 N–H and O–H groups in total. The first-order valence-corrected chi connectivity index (χ1v) is 7.74. The van der Waals surface area contributed by atoms with Crippen molar-refractivity contribution in [3.8, 4) is 5.82 Å². The van der Waals surface area contributed by atoms with Gasteiger partial charge in [-0.3, -0.25) is 9.36 Å². The number of hydrogen-bond acceptors (Lipinski definition) is 4. The standard InChI is InChI=1S/C16H21N5O/c1-2-20-8-3-4-14(11-20)19-16(22)13-5-6-18-15(10-13)21-9-7-17-12-21/h5-7,9-10,12,14H,2-4,8,11H2,1H3,(H,19,22). The maximum Gasteiger partial charge on any atom is 0.251 e. The molecule has 1 aliphatic heterocycles. The second kappa shape index (κ2) is 6.70. The highest BCUT2D eigenvalue weighted by atomic mass is 16.1. The Kier molecular flexibility index (Phi) is 4.48. The van der Waals surface area contributed by atoms with Crippen LogP contribution in [0.5, 0.6) is 0 Å². The molecule has 22 heavy (non-hydrogen) atoms. The number of amides is 1. The van der Waals surface area contributed by atoms with Crippen LogP contribution in [-0.4, -0.2) is 51.0 Å². The van der Waals surface area contributed by atoms with E-state index in [-0.39, 0.29) is 11.9 Å². The lowest BCUT2D eigenvalue weighted by Gasteiger charge is -2.32. The molecule has 3 rings (SSSR count). The fourth-order valence-corrected chi connectivity index (χ4v) is 2.82. The Bertz CT molecular complexity index is 625. The summed E-state index contributed by atoms with van der Waals surface area (Å²) in [4.78, 5) is 23.1. The molecule has 0 bridgehead atoms. The van der Waals surface area contributed by atoms with Crippen molar-refractivity contribution in [1.82, 2.24) is 24.8 Å². The first-order valence-electron chi connectivity index (χ1n) is 7.74. The second-order valence-electron chi connectivity index (χ2n) is 5.58. The average Bonchev–Trinajstić information content (AvgIpc) is 3.09. The summed E-state index contributed by atoms with van der Waals surface area (Å²) in [5.74, 6) is 0.663. The summed E-state index contributed by atoms with van der Waals surface area (Å²) in [7, 11) is 0. The normalized spacial score (nSPS) is 19.0. The molecule has 1 unspecified atom stereocenters. The fourth-order valence-electron chi connectivity index (χ4n) is 2.82. The molecule has 1 atom stereocenters. The van der Waals surface area contributed by atoms with Crippen molar-refractivity contribution in [2.45, 2.75) is 25.8 Å². The Labute approximate surface area is 130 Å². The van der Waals surface area contributed by atoms with Crippen LogP contribution in [0.15, 0.2) is 37.1 Å². The summed E-state index contributed by atoms with van der Waals surface area (Å²) in [5, 5.41) is 3.14. The molecular weight excluding hydrogens is 278 g/mol. The Morgan fingerprint density at radius 1 is 1.45 bits per heavy atom. The van der Waals surface area contributed by atoms with Gasteiger partial charge in [-0.15, -0.1) is 0 Å². The monoisotopic (exact) mass is 299 g/mol. The lowest BCUT2D eigenvalue weighted by molar-refractivity contribution is 0.0905. The molecular formula is C16H21N5O. The zero-order valence-corrected chi connectivity index (χ0v) is 12.8. The van der Waals surface area contributed by atoms with Gasteiger partial charge in [0, 0.05) is 36.7 Å². The van der Waals surface area contributed by atoms with Gasteiger partial charge in [-0.1, -0.05) is 6.92 Å². The molecule has 6 nitrogen and oxygen atoms in total. The van der Waals surface area contributed by atoms with Gasteiger partial charge >= 0.3 is 0 Å². The van der Waals surface area contributed by atoms with Gasteiger partial charge in [0.15, 0.2) is 0 Å². The lowest BCUT2D eigenvalue weighted by Crippen LogP contribution is -2.47. The van der Waals surface area contributed by atoms with Gasteiger partial charge < -0.3 is 10.2 Å². The van der Waals surface area contributed by atoms with Crippen molar-refractivity contribution in [1.29, 1.82) is 0 Å². The number of likely N-dealkylation sites (N-methyl/N-ethyl adjacent to an activating group) is 1. The van der Waals surface area contributed by atoms with Gasteiger partial charge in [0.2, 0.25) is 0 Å². The lowest BCUT2D eigenvalue weighted by atomic mass is 10.1. The van der Waals surface area contributed by atoms with E-state index in [9.17, 15) is 4.79 Å². The molecule has 1 fully saturated rings. The van der Waals surface area contributed by atoms with Crippen LogP contribution in [0.1, 0.15) is 30.1 Å². The van der Waals surface area contributed by atoms with E-state index in [0.29, 0.717) is 11.4 Å². The number of rotatable bonds is 4. The van der Waals surface area contributed by atoms with E-state index < -0.39 is 0 Å². The molecule has 0 spiro atoms. The third-order valence-electron chi connectivity index (χ3n) is 4.06. The van der Waals surface area contributed by atoms with E-state index in [4.69, 9.17) is 0 Å². The zero-order chi connectivity index (χ0) is 15.4. The minimum absolute atomic E-state index is 0.0354. The molecule has 0 aromatic carbocycles. The number of nitrogens with zero attached hydrogens (tertiary/aromatic N) is 4. The largest absolute Gasteiger partial charge is 0.348 e. The van der Waals surface area contributed by atoms with Crippen LogP contribution in [0.3, 0.4) is 0 Å². The SMILES string of the molecule is CCN1CCCC(NC(=O)c2ccnc(-n3ccnc3)c2)C1. The van der Waals surface area contributed by atoms with Crippen LogP contribution in [0, 0.1) is 0 Å². The number of likely N-dealkylation sites (tertiary alicyclic amines) is 1. The molecule has 2 aromatic rings. The predicted octanol–water partition coefficient (Wildman–Crippen LogP) is 1.48. The molecule has 2 aromatic heterocycles. The Morgan fingerprint density at radius 2 is 2.36 bits per heavy atom. The van der Waals surface area contributed by atoms with Crippen LogP contribution < -0.4 is 5.32 Å². The number of nitrogens with one attached hydrogen (secondary N) is 1. The number of hydrogen-bond donors (Lipinski definition) is 1. The molecule has 1 aliphatic rings. The minimum atomic E-state index is -0.0354. The van der Waals surface area contributed by atoms with Gasteiger partial charge in [-0.05, 0) is 38.1 Å². The third kappa shape index (κ3) is 3.33. The van der Waals surface area contributed by atoms with Crippen molar-refractivity contribution in [3.05, 3.63) is 42.6 Å². The minimum Gasteiger partial charge on any atom is -0.348 e. The van der Waals surface area contributed by atoms with Crippen LogP contribution in [0.2, 0.25) is 0 Å². The van der Waals surface area contributed by atoms with Crippen molar-refractivity contribution >= 4 is 5.91 Å². The van der Waals surface area contributed by atoms with Gasteiger partial charge in [0.25, 0.3) is 5.91 Å². The molecule has 3 heterocycles. The van der Waals surface area contributed by atoms with E-state index >= 15 is 0 Å². The fraction of sp³-hybridized carbons (Fsp3) is 0.438. The maximum atomic E-state index is 12.4. The topological polar surface area (TPSA) is 63.1 Å². The highest BCUT2D eigenvalue weighted by Gasteiger charge is 2.21. The molecule has 116 valence electrons. The van der Waals surface area contributed by atoms with E-state index in [1.165, 1.54) is 0 Å². The van der Waals surface area contributed by atoms with Crippen LogP contribution in [0.25, 0.3) is 5.82 Å². The highest BCUT2D eigenvalue weighted by molar-refractivity contribution is 5.94. The number of aromatic nitrogens is 3. The predicted molar refractivity (Wildman–Crippen MR) is 84.0 cm³/mol. The van der Waals surface area contributed by atoms with Gasteiger partial charge in [-0.25, -0.2) is 9.97 Å². The smallest absolute Gasteiger partial charge is 0.251 e. The Balaban J connectivity index is 1.68. The molecule has 0 aliphatic carbocycles. The number of carbonyl (C=O) groups is 1. The summed E-state index contributed by atoms with van der Waals surface area (Å²) in [6.45, 7) is 5.25. The summed E-state index contributed by atoms with van der Waals surface area (Å²) in [6, 6.07) is 3.76. The van der Waals surface area contributed by atoms with E-state index in [1.54, 1.807) is 35.4 Å². The highest BCUT2D eigenvalue weighted by Crippen LogP contribution is 2.12. The summed E-state index contributed by atoms with van der Waals surface area (Å²) >= 11 is 0. The van der Waals surface area contributed by atoms with Gasteiger partial charge in [-0.2, -0.15) is 0 Å². The average molecular weight is 299 g/mol. The first-order chi connectivity index (χ1) is 10.8. The van der Waals surface area contributed by atoms with E-state index in [2.05, 4.69) is 27.1 Å². The van der Waals surface area contributed by atoms with E-state index in [0.717, 1.165) is 32.5 Å². The molecule has 1 saturated heterocycles. The van der Waals surface area contributed by atoms with Crippen LogP contribution >= 0.6 is 0 Å². The maximum absolute atomic E-state index is 12.4. The van der Waals surface area contributed by atoms with E-state index in [1.807, 2.05) is 6.20 Å². The molecule has 1 amide bonds.